The van der Waals surface area contributed by atoms with E-state index in [-0.39, 0.29) is 17.6 Å². The van der Waals surface area contributed by atoms with Crippen molar-refractivity contribution in [1.82, 2.24) is 10.3 Å². The molecule has 0 bridgehead atoms. The van der Waals surface area contributed by atoms with E-state index in [4.69, 9.17) is 26.4 Å². The van der Waals surface area contributed by atoms with Crippen LogP contribution in [-0.4, -0.2) is 43.7 Å². The predicted molar refractivity (Wildman–Crippen MR) is 144 cm³/mol. The number of amides is 1. The average Bonchev–Trinajstić information content (AvgIpc) is 2.85. The fourth-order valence-corrected chi connectivity index (χ4v) is 3.40. The number of benzene rings is 2. The first-order valence-electron chi connectivity index (χ1n) is 11.2. The van der Waals surface area contributed by atoms with Gasteiger partial charge in [-0.25, -0.2) is 0 Å². The highest BCUT2D eigenvalue weighted by Gasteiger charge is 2.20. The molecule has 0 saturated heterocycles. The molecule has 10 nitrogen and oxygen atoms in total. The maximum absolute atomic E-state index is 12.4. The normalized spacial score (nSPS) is 12.8. The van der Waals surface area contributed by atoms with Crippen LogP contribution in [0, 0.1) is 5.41 Å². The molecule has 0 radical (unpaired) electrons. The molecule has 2 aromatic carbocycles. The molecule has 0 heterocycles. The highest BCUT2D eigenvalue weighted by molar-refractivity contribution is 5.95. The number of carbonyl (C=O) groups is 1. The second kappa shape index (κ2) is 13.5. The van der Waals surface area contributed by atoms with Crippen LogP contribution in [0.4, 0.5) is 5.69 Å². The number of ether oxygens (including phenoxy) is 2. The molecule has 2 aromatic rings. The van der Waals surface area contributed by atoms with Gasteiger partial charge in [-0.05, 0) is 72.8 Å². The number of nitrogens with zero attached hydrogens (tertiary/aromatic N) is 2. The van der Waals surface area contributed by atoms with E-state index in [9.17, 15) is 4.79 Å². The Morgan fingerprint density at radius 1 is 1.17 bits per heavy atom. The van der Waals surface area contributed by atoms with Crippen molar-refractivity contribution in [3.8, 4) is 5.75 Å². The zero-order valence-corrected chi connectivity index (χ0v) is 21.3. The average molecular weight is 494 g/mol. The number of allylic oxidation sites excluding steroid dienone is 2. The summed E-state index contributed by atoms with van der Waals surface area (Å²) in [5.74, 6) is 0.477. The number of hydrogen-bond donors (Lipinski definition) is 5. The minimum Gasteiger partial charge on any atom is -0.497 e. The summed E-state index contributed by atoms with van der Waals surface area (Å²) in [5, 5.41) is 19.7. The van der Waals surface area contributed by atoms with Gasteiger partial charge in [0.15, 0.2) is 0 Å². The molecule has 2 rings (SSSR count). The van der Waals surface area contributed by atoms with Gasteiger partial charge in [0.2, 0.25) is 5.91 Å². The summed E-state index contributed by atoms with van der Waals surface area (Å²) in [5.41, 5.74) is 15.5. The Hall–Kier alpha value is -4.31. The van der Waals surface area contributed by atoms with Gasteiger partial charge in [0.05, 0.1) is 25.5 Å². The Labute approximate surface area is 212 Å². The highest BCUT2D eigenvalue weighted by atomic mass is 16.5. The van der Waals surface area contributed by atoms with E-state index >= 15 is 0 Å². The number of nitrogens with two attached hydrogens (primary N) is 2. The van der Waals surface area contributed by atoms with Crippen molar-refractivity contribution >= 4 is 23.1 Å². The van der Waals surface area contributed by atoms with Crippen LogP contribution in [0.25, 0.3) is 0 Å². The molecule has 192 valence electrons. The molecule has 0 fully saturated rings. The molecule has 1 amide bonds. The zero-order chi connectivity index (χ0) is 26.7. The van der Waals surface area contributed by atoms with Gasteiger partial charge < -0.3 is 31.6 Å². The van der Waals surface area contributed by atoms with Gasteiger partial charge in [-0.2, -0.15) is 10.1 Å². The van der Waals surface area contributed by atoms with Gasteiger partial charge in [0, 0.05) is 32.3 Å². The van der Waals surface area contributed by atoms with E-state index in [1.54, 1.807) is 51.8 Å². The molecular formula is C26H35N7O3. The predicted octanol–water partition coefficient (Wildman–Crippen LogP) is 3.04. The lowest BCUT2D eigenvalue weighted by Crippen LogP contribution is -2.30. The number of methoxy groups -OCH3 is 2. The molecule has 0 spiro atoms. The molecule has 0 saturated carbocycles. The quantitative estimate of drug-likeness (QED) is 0.132. The summed E-state index contributed by atoms with van der Waals surface area (Å²) in [6, 6.07) is 12.5. The number of nitrogen functional groups attached to an aromatic ring is 1. The van der Waals surface area contributed by atoms with Crippen molar-refractivity contribution < 1.29 is 14.3 Å². The van der Waals surface area contributed by atoms with Crippen LogP contribution in [0.5, 0.6) is 5.75 Å². The Bertz CT molecular complexity index is 1140. The lowest BCUT2D eigenvalue weighted by molar-refractivity contribution is -0.127. The molecule has 0 aliphatic rings. The first-order chi connectivity index (χ1) is 17.2. The maximum atomic E-state index is 12.4. The number of hydrazone groups is 1. The van der Waals surface area contributed by atoms with Crippen LogP contribution in [0.1, 0.15) is 36.6 Å². The van der Waals surface area contributed by atoms with Crippen LogP contribution < -0.4 is 26.8 Å². The van der Waals surface area contributed by atoms with Crippen LogP contribution >= 0.6 is 0 Å². The van der Waals surface area contributed by atoms with Gasteiger partial charge in [-0.3, -0.25) is 10.2 Å². The van der Waals surface area contributed by atoms with Crippen molar-refractivity contribution in [3.05, 3.63) is 83.3 Å². The van der Waals surface area contributed by atoms with Crippen LogP contribution in [0.15, 0.2) is 71.7 Å². The summed E-state index contributed by atoms with van der Waals surface area (Å²) in [7, 11) is 4.98. The summed E-state index contributed by atoms with van der Waals surface area (Å²) >= 11 is 0. The number of nitrogens with one attached hydrogen (secondary N) is 3. The third kappa shape index (κ3) is 7.88. The minimum absolute atomic E-state index is 0.0143. The van der Waals surface area contributed by atoms with Crippen LogP contribution in [-0.2, 0) is 16.1 Å². The van der Waals surface area contributed by atoms with Gasteiger partial charge >= 0.3 is 0 Å². The van der Waals surface area contributed by atoms with Crippen molar-refractivity contribution in [1.29, 1.82) is 5.41 Å². The first-order valence-corrected chi connectivity index (χ1v) is 11.2. The Morgan fingerprint density at radius 3 is 2.42 bits per heavy atom. The van der Waals surface area contributed by atoms with E-state index in [2.05, 4.69) is 15.7 Å². The third-order valence-electron chi connectivity index (χ3n) is 5.12. The Morgan fingerprint density at radius 2 is 1.86 bits per heavy atom. The van der Waals surface area contributed by atoms with E-state index in [1.165, 1.54) is 6.92 Å². The van der Waals surface area contributed by atoms with E-state index in [0.29, 0.717) is 23.6 Å². The topological polar surface area (TPSA) is 151 Å². The molecule has 0 aliphatic carbocycles. The summed E-state index contributed by atoms with van der Waals surface area (Å²) < 4.78 is 10.8. The molecule has 36 heavy (non-hydrogen) atoms. The van der Waals surface area contributed by atoms with Gasteiger partial charge in [0.25, 0.3) is 0 Å². The lowest BCUT2D eigenvalue weighted by Gasteiger charge is -2.24. The first kappa shape index (κ1) is 27.9. The molecule has 1 atom stereocenters. The fourth-order valence-electron chi connectivity index (χ4n) is 3.40. The van der Waals surface area contributed by atoms with Crippen molar-refractivity contribution in [3.63, 3.8) is 0 Å². The van der Waals surface area contributed by atoms with Gasteiger partial charge in [-0.1, -0.05) is 6.07 Å². The largest absolute Gasteiger partial charge is 0.497 e. The lowest BCUT2D eigenvalue weighted by atomic mass is 9.99. The van der Waals surface area contributed by atoms with Gasteiger partial charge in [-0.15, -0.1) is 0 Å². The van der Waals surface area contributed by atoms with Crippen molar-refractivity contribution in [2.24, 2.45) is 16.6 Å². The Kier molecular flexibility index (Phi) is 10.5. The minimum atomic E-state index is -0.457. The standard InChI is InChI=1S/C26H35N7O3/c1-17(32-33(18(2)34)24(27)7-6-12-30-3)25(31-22-10-8-20(9-11-22)26(28)29)21-13-19(16-35-4)14-23(15-21)36-5/h6-15,25,30-31H,16,27H2,1-5H3,(H3,28,29). The fraction of sp³-hybridized carbons (Fsp3) is 0.269. The Balaban J connectivity index is 2.58. The molecule has 10 heteroatoms. The molecule has 7 N–H and O–H groups in total. The molecule has 0 aromatic heterocycles. The smallest absolute Gasteiger partial charge is 0.245 e. The SMILES string of the molecule is CNC=CC=C(N)N(N=C(C)C(Nc1ccc(C(=N)N)cc1)c1cc(COC)cc(OC)c1)C(C)=O. The highest BCUT2D eigenvalue weighted by Crippen LogP contribution is 2.27. The number of rotatable bonds is 12. The number of carbonyl (C=O) groups excluding carboxylic acids is 1. The number of anilines is 1. The van der Waals surface area contributed by atoms with Crippen LogP contribution in [0.2, 0.25) is 0 Å². The molecular weight excluding hydrogens is 458 g/mol. The van der Waals surface area contributed by atoms with Crippen molar-refractivity contribution in [2.45, 2.75) is 26.5 Å². The number of hydrogen-bond acceptors (Lipinski definition) is 8. The van der Waals surface area contributed by atoms with E-state index in [1.807, 2.05) is 37.3 Å². The molecule has 0 aliphatic heterocycles. The van der Waals surface area contributed by atoms with Crippen molar-refractivity contribution in [2.75, 3.05) is 26.6 Å². The number of amidine groups is 1. The third-order valence-corrected chi connectivity index (χ3v) is 5.12. The monoisotopic (exact) mass is 493 g/mol. The summed E-state index contributed by atoms with van der Waals surface area (Å²) in [4.78, 5) is 12.4. The summed E-state index contributed by atoms with van der Waals surface area (Å²) in [6.07, 6.45) is 4.95. The van der Waals surface area contributed by atoms with E-state index < -0.39 is 6.04 Å². The van der Waals surface area contributed by atoms with Gasteiger partial charge in [0.1, 0.15) is 17.4 Å². The zero-order valence-electron chi connectivity index (χ0n) is 21.3. The van der Waals surface area contributed by atoms with E-state index in [0.717, 1.165) is 21.8 Å². The molecule has 1 unspecified atom stereocenters. The second-order valence-electron chi connectivity index (χ2n) is 7.93. The summed E-state index contributed by atoms with van der Waals surface area (Å²) in [6.45, 7) is 3.60. The second-order valence-corrected chi connectivity index (χ2v) is 7.93. The van der Waals surface area contributed by atoms with Crippen LogP contribution in [0.3, 0.4) is 0 Å². The maximum Gasteiger partial charge on any atom is 0.245 e.